The average Bonchev–Trinajstić information content (AvgIpc) is 2.03. The Hall–Kier alpha value is -0.830. The van der Waals surface area contributed by atoms with Gasteiger partial charge >= 0.3 is 5.97 Å². The minimum Gasteiger partial charge on any atom is -0.479 e. The third kappa shape index (κ3) is 4.91. The molecule has 0 saturated carbocycles. The molecule has 0 aliphatic rings. The highest BCUT2D eigenvalue weighted by Gasteiger charge is 2.15. The van der Waals surface area contributed by atoms with Crippen LogP contribution in [0.1, 0.15) is 26.7 Å². The Morgan fingerprint density at radius 3 is 2.75 bits per heavy atom. The fourth-order valence-corrected chi connectivity index (χ4v) is 0.808. The monoisotopic (exact) mass is 172 g/mol. The molecule has 0 rings (SSSR count). The minimum absolute atomic E-state index is 0.382. The van der Waals surface area contributed by atoms with Gasteiger partial charge in [-0.25, -0.2) is 4.79 Å². The van der Waals surface area contributed by atoms with E-state index < -0.39 is 12.1 Å². The van der Waals surface area contributed by atoms with Gasteiger partial charge in [-0.3, -0.25) is 0 Å². The van der Waals surface area contributed by atoms with Crippen LogP contribution in [-0.4, -0.2) is 23.8 Å². The van der Waals surface area contributed by atoms with Crippen LogP contribution >= 0.6 is 0 Å². The Kier molecular flexibility index (Phi) is 6.38. The van der Waals surface area contributed by atoms with Crippen molar-refractivity contribution in [2.24, 2.45) is 0 Å². The largest absolute Gasteiger partial charge is 0.479 e. The first kappa shape index (κ1) is 11.2. The number of aliphatic carboxylic acids is 1. The van der Waals surface area contributed by atoms with Crippen molar-refractivity contribution in [3.63, 3.8) is 0 Å². The van der Waals surface area contributed by atoms with Gasteiger partial charge in [-0.1, -0.05) is 25.5 Å². The molecule has 0 fully saturated rings. The van der Waals surface area contributed by atoms with Gasteiger partial charge in [0, 0.05) is 0 Å². The number of carboxylic acid groups (broad SMARTS) is 1. The molecule has 1 N–H and O–H groups in total. The number of ether oxygens (including phenoxy) is 1. The van der Waals surface area contributed by atoms with Crippen molar-refractivity contribution in [3.8, 4) is 0 Å². The van der Waals surface area contributed by atoms with E-state index in [-0.39, 0.29) is 0 Å². The molecule has 12 heavy (non-hydrogen) atoms. The van der Waals surface area contributed by atoms with Gasteiger partial charge in [-0.15, -0.1) is 0 Å². The maximum Gasteiger partial charge on any atom is 0.332 e. The lowest BCUT2D eigenvalue weighted by atomic mass is 10.2. The van der Waals surface area contributed by atoms with Crippen molar-refractivity contribution in [2.75, 3.05) is 6.61 Å². The molecule has 0 aromatic carbocycles. The smallest absolute Gasteiger partial charge is 0.332 e. The Labute approximate surface area is 73.0 Å². The molecule has 0 aromatic heterocycles. The van der Waals surface area contributed by atoms with E-state index in [1.54, 1.807) is 6.08 Å². The molecule has 0 radical (unpaired) electrons. The van der Waals surface area contributed by atoms with E-state index in [1.165, 1.54) is 0 Å². The first-order valence-corrected chi connectivity index (χ1v) is 4.18. The molecule has 1 unspecified atom stereocenters. The summed E-state index contributed by atoms with van der Waals surface area (Å²) >= 11 is 0. The van der Waals surface area contributed by atoms with Gasteiger partial charge in [0.05, 0.1) is 6.61 Å². The van der Waals surface area contributed by atoms with E-state index in [9.17, 15) is 4.79 Å². The van der Waals surface area contributed by atoms with Crippen LogP contribution in [-0.2, 0) is 9.53 Å². The van der Waals surface area contributed by atoms with E-state index in [0.29, 0.717) is 13.0 Å². The van der Waals surface area contributed by atoms with Gasteiger partial charge < -0.3 is 9.84 Å². The maximum atomic E-state index is 10.5. The normalized spacial score (nSPS) is 13.5. The van der Waals surface area contributed by atoms with Crippen molar-refractivity contribution >= 4 is 5.97 Å². The van der Waals surface area contributed by atoms with Gasteiger partial charge in [0.15, 0.2) is 6.10 Å². The molecule has 0 spiro atoms. The molecule has 0 saturated heterocycles. The zero-order valence-electron chi connectivity index (χ0n) is 7.62. The lowest BCUT2D eigenvalue weighted by Crippen LogP contribution is -2.23. The third-order valence-corrected chi connectivity index (χ3v) is 1.46. The summed E-state index contributed by atoms with van der Waals surface area (Å²) in [6, 6.07) is 0. The van der Waals surface area contributed by atoms with E-state index in [2.05, 4.69) is 0 Å². The summed E-state index contributed by atoms with van der Waals surface area (Å²) in [6.07, 6.45) is 4.39. The van der Waals surface area contributed by atoms with Gasteiger partial charge in [0.2, 0.25) is 0 Å². The summed E-state index contributed by atoms with van der Waals surface area (Å²) in [5.41, 5.74) is 0. The van der Waals surface area contributed by atoms with Crippen LogP contribution < -0.4 is 0 Å². The number of hydrogen-bond donors (Lipinski definition) is 1. The highest BCUT2D eigenvalue weighted by Crippen LogP contribution is 2.02. The van der Waals surface area contributed by atoms with Crippen molar-refractivity contribution < 1.29 is 14.6 Å². The van der Waals surface area contributed by atoms with Gasteiger partial charge in [-0.05, 0) is 13.3 Å². The van der Waals surface area contributed by atoms with Crippen molar-refractivity contribution in [2.45, 2.75) is 32.8 Å². The number of rotatable bonds is 6. The molecular formula is C9H16O3. The number of carboxylic acids is 1. The van der Waals surface area contributed by atoms with E-state index >= 15 is 0 Å². The number of allylic oxidation sites excluding steroid dienone is 1. The first-order valence-electron chi connectivity index (χ1n) is 4.18. The SMILES string of the molecule is C/C=C/COC(CCC)C(=O)O. The Balaban J connectivity index is 3.71. The van der Waals surface area contributed by atoms with Crippen molar-refractivity contribution in [1.29, 1.82) is 0 Å². The average molecular weight is 172 g/mol. The highest BCUT2D eigenvalue weighted by molar-refractivity contribution is 5.72. The van der Waals surface area contributed by atoms with Crippen molar-refractivity contribution in [1.82, 2.24) is 0 Å². The van der Waals surface area contributed by atoms with Crippen LogP contribution in [0.4, 0.5) is 0 Å². The fourth-order valence-electron chi connectivity index (χ4n) is 0.808. The van der Waals surface area contributed by atoms with Gasteiger partial charge in [0.25, 0.3) is 0 Å². The topological polar surface area (TPSA) is 46.5 Å². The number of carbonyl (C=O) groups is 1. The Bertz CT molecular complexity index is 152. The van der Waals surface area contributed by atoms with Crippen LogP contribution in [0.15, 0.2) is 12.2 Å². The zero-order chi connectivity index (χ0) is 9.40. The zero-order valence-corrected chi connectivity index (χ0v) is 7.62. The lowest BCUT2D eigenvalue weighted by Gasteiger charge is -2.10. The van der Waals surface area contributed by atoms with Crippen LogP contribution in [0.25, 0.3) is 0 Å². The van der Waals surface area contributed by atoms with Crippen molar-refractivity contribution in [3.05, 3.63) is 12.2 Å². The molecule has 0 bridgehead atoms. The molecule has 0 aliphatic carbocycles. The Morgan fingerprint density at radius 2 is 2.33 bits per heavy atom. The molecular weight excluding hydrogens is 156 g/mol. The molecule has 1 atom stereocenters. The Morgan fingerprint density at radius 1 is 1.67 bits per heavy atom. The molecule has 0 aliphatic heterocycles. The summed E-state index contributed by atoms with van der Waals surface area (Å²) in [6.45, 7) is 4.20. The van der Waals surface area contributed by atoms with Crippen LogP contribution in [0.5, 0.6) is 0 Å². The highest BCUT2D eigenvalue weighted by atomic mass is 16.5. The minimum atomic E-state index is -0.874. The quantitative estimate of drug-likeness (QED) is 0.622. The summed E-state index contributed by atoms with van der Waals surface area (Å²) in [5.74, 6) is -0.874. The van der Waals surface area contributed by atoms with E-state index in [0.717, 1.165) is 6.42 Å². The maximum absolute atomic E-state index is 10.5. The van der Waals surface area contributed by atoms with Gasteiger partial charge in [0.1, 0.15) is 0 Å². The second kappa shape index (κ2) is 6.85. The standard InChI is InChI=1S/C9H16O3/c1-3-5-7-12-8(6-4-2)9(10)11/h3,5,8H,4,6-7H2,1-2H3,(H,10,11)/b5-3+. The van der Waals surface area contributed by atoms with Gasteiger partial charge in [-0.2, -0.15) is 0 Å². The molecule has 0 aromatic rings. The molecule has 3 nitrogen and oxygen atoms in total. The summed E-state index contributed by atoms with van der Waals surface area (Å²) in [5, 5.41) is 8.65. The van der Waals surface area contributed by atoms with Crippen LogP contribution in [0.2, 0.25) is 0 Å². The lowest BCUT2D eigenvalue weighted by molar-refractivity contribution is -0.150. The second-order valence-electron chi connectivity index (χ2n) is 2.52. The molecule has 0 amide bonds. The second-order valence-corrected chi connectivity index (χ2v) is 2.52. The van der Waals surface area contributed by atoms with E-state index in [1.807, 2.05) is 19.9 Å². The number of hydrogen-bond acceptors (Lipinski definition) is 2. The summed E-state index contributed by atoms with van der Waals surface area (Å²) < 4.78 is 5.10. The molecule has 70 valence electrons. The predicted molar refractivity (Wildman–Crippen MR) is 47.1 cm³/mol. The fraction of sp³-hybridized carbons (Fsp3) is 0.667. The van der Waals surface area contributed by atoms with Crippen LogP contribution in [0.3, 0.4) is 0 Å². The van der Waals surface area contributed by atoms with Crippen LogP contribution in [0, 0.1) is 0 Å². The molecule has 0 heterocycles. The molecule has 3 heteroatoms. The third-order valence-electron chi connectivity index (χ3n) is 1.46. The first-order chi connectivity index (χ1) is 5.72. The summed E-state index contributed by atoms with van der Waals surface area (Å²) in [7, 11) is 0. The van der Waals surface area contributed by atoms with E-state index in [4.69, 9.17) is 9.84 Å². The predicted octanol–water partition coefficient (Wildman–Crippen LogP) is 1.83. The summed E-state index contributed by atoms with van der Waals surface area (Å²) in [4.78, 5) is 10.5.